The molecular formula is C35H28ClNO. The number of rotatable bonds is 9. The van der Waals surface area contributed by atoms with Gasteiger partial charge in [-0.25, -0.2) is 0 Å². The molecule has 0 spiro atoms. The zero-order valence-corrected chi connectivity index (χ0v) is 21.7. The van der Waals surface area contributed by atoms with Crippen LogP contribution in [-0.4, -0.2) is 11.5 Å². The Balaban J connectivity index is 1.69. The number of carbonyl (C=O) groups excluding carboxylic acids is 1. The normalized spacial score (nSPS) is 12.3. The lowest BCUT2D eigenvalue weighted by atomic mass is 9.82. The van der Waals surface area contributed by atoms with E-state index in [1.54, 1.807) is 0 Å². The molecule has 0 fully saturated rings. The Labute approximate surface area is 229 Å². The lowest BCUT2D eigenvalue weighted by molar-refractivity contribution is 0.0969. The molecule has 0 aromatic heterocycles. The van der Waals surface area contributed by atoms with Crippen molar-refractivity contribution in [3.8, 4) is 0 Å². The number of halogens is 1. The Morgan fingerprint density at radius 1 is 0.553 bits per heavy atom. The third kappa shape index (κ3) is 6.16. The van der Waals surface area contributed by atoms with Crippen molar-refractivity contribution >= 4 is 23.1 Å². The fourth-order valence-corrected chi connectivity index (χ4v) is 4.88. The molecule has 5 aromatic carbocycles. The topological polar surface area (TPSA) is 29.4 Å². The highest BCUT2D eigenvalue weighted by Gasteiger charge is 2.28. The molecule has 5 aromatic rings. The maximum Gasteiger partial charge on any atom is 0.163 e. The zero-order valence-electron chi connectivity index (χ0n) is 21.0. The van der Waals surface area contributed by atoms with E-state index in [-0.39, 0.29) is 17.7 Å². The summed E-state index contributed by atoms with van der Waals surface area (Å²) >= 11 is 6.26. The van der Waals surface area contributed by atoms with E-state index in [0.29, 0.717) is 17.0 Å². The summed E-state index contributed by atoms with van der Waals surface area (Å²) in [7, 11) is 0. The molecule has 0 unspecified atom stereocenters. The van der Waals surface area contributed by atoms with Gasteiger partial charge in [-0.15, -0.1) is 0 Å². The van der Waals surface area contributed by atoms with Crippen LogP contribution < -0.4 is 0 Å². The molecule has 0 heterocycles. The fourth-order valence-electron chi connectivity index (χ4n) is 4.76. The van der Waals surface area contributed by atoms with Gasteiger partial charge >= 0.3 is 0 Å². The SMILES string of the molecule is O=C(C[C@@H](c1ccc(Cl)cc1)[C@@H](N=C(c1ccccc1)c1ccccc1)c1ccccc1)c1ccccc1. The first kappa shape index (κ1) is 25.4. The first-order chi connectivity index (χ1) is 18.7. The van der Waals surface area contributed by atoms with E-state index in [4.69, 9.17) is 16.6 Å². The number of carbonyl (C=O) groups is 1. The highest BCUT2D eigenvalue weighted by atomic mass is 35.5. The molecule has 2 atom stereocenters. The molecule has 38 heavy (non-hydrogen) atoms. The van der Waals surface area contributed by atoms with E-state index < -0.39 is 0 Å². The number of ketones is 1. The molecule has 0 N–H and O–H groups in total. The van der Waals surface area contributed by atoms with E-state index in [1.165, 1.54) is 0 Å². The first-order valence-electron chi connectivity index (χ1n) is 12.8. The quantitative estimate of drug-likeness (QED) is 0.143. The van der Waals surface area contributed by atoms with Gasteiger partial charge in [0.1, 0.15) is 0 Å². The Bertz CT molecular complexity index is 1440. The summed E-state index contributed by atoms with van der Waals surface area (Å²) in [5, 5.41) is 0.663. The van der Waals surface area contributed by atoms with Gasteiger partial charge in [0, 0.05) is 34.1 Å². The minimum absolute atomic E-state index is 0.0858. The molecule has 3 heteroatoms. The fraction of sp³-hybridized carbons (Fsp3) is 0.0857. The van der Waals surface area contributed by atoms with Crippen molar-refractivity contribution in [2.24, 2.45) is 4.99 Å². The molecule has 0 saturated heterocycles. The van der Waals surface area contributed by atoms with Crippen LogP contribution >= 0.6 is 11.6 Å². The van der Waals surface area contributed by atoms with Gasteiger partial charge in [-0.05, 0) is 23.3 Å². The number of Topliss-reactive ketones (excluding diaryl/α,β-unsaturated/α-hetero) is 1. The van der Waals surface area contributed by atoms with Crippen molar-refractivity contribution in [2.75, 3.05) is 0 Å². The lowest BCUT2D eigenvalue weighted by Gasteiger charge is -2.26. The van der Waals surface area contributed by atoms with Crippen molar-refractivity contribution < 1.29 is 4.79 Å². The van der Waals surface area contributed by atoms with Gasteiger partial charge in [0.25, 0.3) is 0 Å². The second-order valence-corrected chi connectivity index (χ2v) is 9.65. The monoisotopic (exact) mass is 513 g/mol. The third-order valence-electron chi connectivity index (χ3n) is 6.68. The molecule has 2 nitrogen and oxygen atoms in total. The van der Waals surface area contributed by atoms with Crippen LogP contribution in [0.4, 0.5) is 0 Å². The largest absolute Gasteiger partial charge is 0.294 e. The van der Waals surface area contributed by atoms with E-state index in [1.807, 2.05) is 109 Å². The molecule has 0 saturated carbocycles. The van der Waals surface area contributed by atoms with Gasteiger partial charge in [-0.3, -0.25) is 9.79 Å². The molecular weight excluding hydrogens is 486 g/mol. The van der Waals surface area contributed by atoms with E-state index >= 15 is 0 Å². The van der Waals surface area contributed by atoms with Crippen LogP contribution in [0.25, 0.3) is 0 Å². The minimum atomic E-state index is -0.305. The number of nitrogens with zero attached hydrogens (tertiary/aromatic N) is 1. The van der Waals surface area contributed by atoms with E-state index in [2.05, 4.69) is 36.4 Å². The van der Waals surface area contributed by atoms with Crippen LogP contribution in [0.5, 0.6) is 0 Å². The van der Waals surface area contributed by atoms with Gasteiger partial charge in [-0.1, -0.05) is 145 Å². The van der Waals surface area contributed by atoms with Crippen molar-refractivity contribution in [1.29, 1.82) is 0 Å². The second-order valence-electron chi connectivity index (χ2n) is 9.22. The Morgan fingerprint density at radius 3 is 1.50 bits per heavy atom. The second kappa shape index (κ2) is 12.3. The molecule has 5 rings (SSSR count). The van der Waals surface area contributed by atoms with Crippen LogP contribution in [0.3, 0.4) is 0 Å². The first-order valence-corrected chi connectivity index (χ1v) is 13.1. The Hall–Kier alpha value is -4.27. The van der Waals surface area contributed by atoms with Crippen molar-refractivity contribution in [3.63, 3.8) is 0 Å². The molecule has 0 aliphatic carbocycles. The molecule has 0 aliphatic rings. The molecule has 186 valence electrons. The number of benzene rings is 5. The standard InChI is InChI=1S/C35H28ClNO/c36-31-23-21-26(22-24-31)32(25-33(38)27-13-5-1-6-14-27)35(30-19-11-4-12-20-30)37-34(28-15-7-2-8-16-28)29-17-9-3-10-18-29/h1-24,32,35H,25H2/t32-,35-/m0/s1. The third-order valence-corrected chi connectivity index (χ3v) is 6.94. The zero-order chi connectivity index (χ0) is 26.2. The highest BCUT2D eigenvalue weighted by Crippen LogP contribution is 2.39. The lowest BCUT2D eigenvalue weighted by Crippen LogP contribution is -2.17. The summed E-state index contributed by atoms with van der Waals surface area (Å²) in [5.74, 6) is -0.118. The predicted octanol–water partition coefficient (Wildman–Crippen LogP) is 8.98. The van der Waals surface area contributed by atoms with Gasteiger partial charge in [0.05, 0.1) is 11.8 Å². The average molecular weight is 514 g/mol. The van der Waals surface area contributed by atoms with Crippen molar-refractivity contribution in [2.45, 2.75) is 18.4 Å². The summed E-state index contributed by atoms with van der Waals surface area (Å²) in [6, 6.07) is 47.7. The molecule has 0 radical (unpaired) electrons. The van der Waals surface area contributed by atoms with Crippen LogP contribution in [0.2, 0.25) is 5.02 Å². The molecule has 0 bridgehead atoms. The van der Waals surface area contributed by atoms with E-state index in [9.17, 15) is 4.79 Å². The minimum Gasteiger partial charge on any atom is -0.294 e. The molecule has 0 amide bonds. The number of hydrogen-bond acceptors (Lipinski definition) is 2. The summed E-state index contributed by atoms with van der Waals surface area (Å²) < 4.78 is 0. The van der Waals surface area contributed by atoms with Crippen molar-refractivity contribution in [1.82, 2.24) is 0 Å². The Morgan fingerprint density at radius 2 is 1.00 bits per heavy atom. The van der Waals surface area contributed by atoms with Crippen LogP contribution in [0.15, 0.2) is 151 Å². The Kier molecular flexibility index (Phi) is 8.23. The summed E-state index contributed by atoms with van der Waals surface area (Å²) in [5.41, 5.74) is 5.74. The predicted molar refractivity (Wildman–Crippen MR) is 157 cm³/mol. The smallest absolute Gasteiger partial charge is 0.163 e. The van der Waals surface area contributed by atoms with Gasteiger partial charge < -0.3 is 0 Å². The van der Waals surface area contributed by atoms with Gasteiger partial charge in [0.2, 0.25) is 0 Å². The van der Waals surface area contributed by atoms with Crippen LogP contribution in [0.1, 0.15) is 51.0 Å². The average Bonchev–Trinajstić information content (AvgIpc) is 2.99. The van der Waals surface area contributed by atoms with Crippen molar-refractivity contribution in [3.05, 3.63) is 178 Å². The maximum absolute atomic E-state index is 13.6. The summed E-state index contributed by atoms with van der Waals surface area (Å²) in [6.45, 7) is 0. The number of hydrogen-bond donors (Lipinski definition) is 0. The molecule has 0 aliphatic heterocycles. The van der Waals surface area contributed by atoms with E-state index in [0.717, 1.165) is 28.0 Å². The van der Waals surface area contributed by atoms with Crippen LogP contribution in [-0.2, 0) is 0 Å². The highest BCUT2D eigenvalue weighted by molar-refractivity contribution is 6.30. The summed E-state index contributed by atoms with van der Waals surface area (Å²) in [6.07, 6.45) is 0.311. The van der Waals surface area contributed by atoms with Gasteiger partial charge in [-0.2, -0.15) is 0 Å². The maximum atomic E-state index is 13.6. The van der Waals surface area contributed by atoms with Gasteiger partial charge in [0.15, 0.2) is 5.78 Å². The number of aliphatic imine (C=N–C) groups is 1. The summed E-state index contributed by atoms with van der Waals surface area (Å²) in [4.78, 5) is 19.0. The van der Waals surface area contributed by atoms with Crippen LogP contribution in [0, 0.1) is 0 Å².